The molecule has 0 saturated carbocycles. The fourth-order valence-electron chi connectivity index (χ4n) is 2.86. The zero-order chi connectivity index (χ0) is 25.5. The van der Waals surface area contributed by atoms with Crippen LogP contribution in [0.2, 0.25) is 0 Å². The number of carboxylic acid groups (broad SMARTS) is 1. The van der Waals surface area contributed by atoms with E-state index in [1.165, 1.54) is 38.1 Å². The van der Waals surface area contributed by atoms with E-state index in [4.69, 9.17) is 0 Å². The van der Waals surface area contributed by atoms with Gasteiger partial charge in [0.15, 0.2) is 0 Å². The van der Waals surface area contributed by atoms with Crippen LogP contribution in [0.5, 0.6) is 5.75 Å². The van der Waals surface area contributed by atoms with E-state index in [-0.39, 0.29) is 12.2 Å². The molecule has 0 radical (unpaired) electrons. The number of halogens is 3. The molecule has 0 fully saturated rings. The molecule has 184 valence electrons. The summed E-state index contributed by atoms with van der Waals surface area (Å²) in [6, 6.07) is 1.35. The monoisotopic (exact) mass is 475 g/mol. The Balaban J connectivity index is 3.16. The number of amides is 3. The Bertz CT molecular complexity index is 856. The largest absolute Gasteiger partial charge is 0.508 e. The first-order chi connectivity index (χ1) is 15.1. The van der Waals surface area contributed by atoms with Crippen molar-refractivity contribution in [3.8, 4) is 5.75 Å². The molecule has 3 unspecified atom stereocenters. The van der Waals surface area contributed by atoms with E-state index in [0.717, 1.165) is 0 Å². The summed E-state index contributed by atoms with van der Waals surface area (Å²) in [4.78, 5) is 48.4. The molecule has 1 aromatic carbocycles. The highest BCUT2D eigenvalue weighted by molar-refractivity contribution is 5.94. The van der Waals surface area contributed by atoms with Crippen molar-refractivity contribution in [2.24, 2.45) is 11.8 Å². The lowest BCUT2D eigenvalue weighted by Gasteiger charge is -2.27. The number of hydrogen-bond donors (Lipinski definition) is 5. The second-order valence-electron chi connectivity index (χ2n) is 8.19. The summed E-state index contributed by atoms with van der Waals surface area (Å²) in [7, 11) is 0. The molecular formula is C21H28F3N3O6. The van der Waals surface area contributed by atoms with Gasteiger partial charge in [-0.05, 0) is 29.5 Å². The van der Waals surface area contributed by atoms with Gasteiger partial charge in [0.2, 0.25) is 11.8 Å². The van der Waals surface area contributed by atoms with Gasteiger partial charge in [0, 0.05) is 6.42 Å². The molecular weight excluding hydrogens is 447 g/mol. The molecule has 0 heterocycles. The van der Waals surface area contributed by atoms with E-state index in [9.17, 15) is 42.6 Å². The minimum absolute atomic E-state index is 0.0516. The van der Waals surface area contributed by atoms with Crippen molar-refractivity contribution in [3.63, 3.8) is 0 Å². The van der Waals surface area contributed by atoms with Crippen molar-refractivity contribution < 1.29 is 42.6 Å². The summed E-state index contributed by atoms with van der Waals surface area (Å²) >= 11 is 0. The summed E-state index contributed by atoms with van der Waals surface area (Å²) in [6.45, 7) is 5.95. The summed E-state index contributed by atoms with van der Waals surface area (Å²) in [5, 5.41) is 25.0. The number of carboxylic acids is 1. The Morgan fingerprint density at radius 3 is 1.79 bits per heavy atom. The zero-order valence-corrected chi connectivity index (χ0v) is 18.6. The van der Waals surface area contributed by atoms with Gasteiger partial charge in [0.05, 0.1) is 0 Å². The number of carbonyl (C=O) groups is 4. The number of carbonyl (C=O) groups excluding carboxylic acids is 3. The smallest absolute Gasteiger partial charge is 0.471 e. The van der Waals surface area contributed by atoms with Gasteiger partial charge in [-0.3, -0.25) is 14.4 Å². The maximum Gasteiger partial charge on any atom is 0.471 e. The van der Waals surface area contributed by atoms with Crippen LogP contribution in [-0.4, -0.2) is 58.2 Å². The number of phenolic OH excluding ortho intramolecular Hbond substituents is 1. The average molecular weight is 475 g/mol. The molecule has 9 nitrogen and oxygen atoms in total. The van der Waals surface area contributed by atoms with Gasteiger partial charge in [0.25, 0.3) is 0 Å². The molecule has 12 heteroatoms. The van der Waals surface area contributed by atoms with Gasteiger partial charge in [-0.15, -0.1) is 0 Å². The topological polar surface area (TPSA) is 145 Å². The first-order valence-electron chi connectivity index (χ1n) is 10.1. The Hall–Kier alpha value is -3.31. The number of rotatable bonds is 10. The second kappa shape index (κ2) is 11.5. The van der Waals surface area contributed by atoms with Gasteiger partial charge < -0.3 is 26.2 Å². The van der Waals surface area contributed by atoms with Crippen molar-refractivity contribution in [1.29, 1.82) is 0 Å². The van der Waals surface area contributed by atoms with Gasteiger partial charge in [0.1, 0.15) is 23.9 Å². The van der Waals surface area contributed by atoms with Gasteiger partial charge >= 0.3 is 18.1 Å². The van der Waals surface area contributed by atoms with Gasteiger partial charge in [-0.2, -0.15) is 13.2 Å². The molecule has 3 atom stereocenters. The minimum atomic E-state index is -5.21. The molecule has 1 rings (SSSR count). The van der Waals surface area contributed by atoms with Crippen molar-refractivity contribution >= 4 is 23.7 Å². The molecule has 3 amide bonds. The van der Waals surface area contributed by atoms with Crippen LogP contribution in [0, 0.1) is 11.8 Å². The Labute approximate surface area is 188 Å². The van der Waals surface area contributed by atoms with Gasteiger partial charge in [-0.1, -0.05) is 39.8 Å². The third-order valence-electron chi connectivity index (χ3n) is 4.73. The molecule has 0 spiro atoms. The minimum Gasteiger partial charge on any atom is -0.508 e. The van der Waals surface area contributed by atoms with Gasteiger partial charge in [-0.25, -0.2) is 4.79 Å². The average Bonchev–Trinajstić information content (AvgIpc) is 2.69. The molecule has 0 bridgehead atoms. The number of aliphatic carboxylic acids is 1. The normalized spacial score (nSPS) is 14.3. The molecule has 5 N–H and O–H groups in total. The predicted molar refractivity (Wildman–Crippen MR) is 111 cm³/mol. The fraction of sp³-hybridized carbons (Fsp3) is 0.524. The third kappa shape index (κ3) is 8.62. The lowest BCUT2D eigenvalue weighted by atomic mass is 9.99. The van der Waals surface area contributed by atoms with E-state index >= 15 is 0 Å². The van der Waals surface area contributed by atoms with Crippen LogP contribution >= 0.6 is 0 Å². The fourth-order valence-corrected chi connectivity index (χ4v) is 2.86. The van der Waals surface area contributed by atoms with Crippen molar-refractivity contribution in [2.75, 3.05) is 0 Å². The zero-order valence-electron chi connectivity index (χ0n) is 18.6. The van der Waals surface area contributed by atoms with Crippen molar-refractivity contribution in [3.05, 3.63) is 29.8 Å². The van der Waals surface area contributed by atoms with Crippen molar-refractivity contribution in [1.82, 2.24) is 16.0 Å². The quantitative estimate of drug-likeness (QED) is 0.345. The van der Waals surface area contributed by atoms with Crippen LogP contribution in [-0.2, 0) is 25.6 Å². The molecule has 0 saturated heterocycles. The van der Waals surface area contributed by atoms with E-state index in [2.05, 4.69) is 10.6 Å². The lowest BCUT2D eigenvalue weighted by molar-refractivity contribution is -0.175. The van der Waals surface area contributed by atoms with Crippen LogP contribution in [0.4, 0.5) is 13.2 Å². The van der Waals surface area contributed by atoms with Crippen LogP contribution in [0.3, 0.4) is 0 Å². The second-order valence-corrected chi connectivity index (χ2v) is 8.19. The number of alkyl halides is 3. The van der Waals surface area contributed by atoms with E-state index < -0.39 is 59.8 Å². The molecule has 0 aliphatic rings. The highest BCUT2D eigenvalue weighted by Gasteiger charge is 2.42. The summed E-state index contributed by atoms with van der Waals surface area (Å²) in [5.74, 6) is -6.82. The summed E-state index contributed by atoms with van der Waals surface area (Å²) < 4.78 is 38.0. The maximum absolute atomic E-state index is 12.8. The Morgan fingerprint density at radius 1 is 0.848 bits per heavy atom. The Morgan fingerprint density at radius 2 is 1.36 bits per heavy atom. The number of phenols is 1. The predicted octanol–water partition coefficient (Wildman–Crippen LogP) is 1.35. The van der Waals surface area contributed by atoms with E-state index in [1.54, 1.807) is 19.2 Å². The highest BCUT2D eigenvalue weighted by Crippen LogP contribution is 2.16. The molecule has 0 aliphatic heterocycles. The van der Waals surface area contributed by atoms with Crippen molar-refractivity contribution in [2.45, 2.75) is 58.4 Å². The van der Waals surface area contributed by atoms with E-state index in [1.807, 2.05) is 0 Å². The maximum atomic E-state index is 12.8. The van der Waals surface area contributed by atoms with Crippen LogP contribution < -0.4 is 16.0 Å². The number of nitrogens with one attached hydrogen (secondary N) is 3. The summed E-state index contributed by atoms with van der Waals surface area (Å²) in [6.07, 6.45) is -5.36. The standard InChI is InChI=1S/C21H28F3N3O6/c1-10(2)15(27-20(33)21(22,23)24)18(30)25-14(9-12-5-7-13(28)8-6-12)17(29)26-16(11(3)4)19(31)32/h5-8,10-11,14-16,28H,9H2,1-4H3,(H,25,30)(H,26,29)(H,27,33)(H,31,32). The van der Waals surface area contributed by atoms with Crippen LogP contribution in [0.1, 0.15) is 33.3 Å². The highest BCUT2D eigenvalue weighted by atomic mass is 19.4. The SMILES string of the molecule is CC(C)C(NC(=O)C(Cc1ccc(O)cc1)NC(=O)C(NC(=O)C(F)(F)F)C(C)C)C(=O)O. The number of aromatic hydroxyl groups is 1. The lowest BCUT2D eigenvalue weighted by Crippen LogP contribution is -2.59. The number of benzene rings is 1. The van der Waals surface area contributed by atoms with E-state index in [0.29, 0.717) is 5.56 Å². The summed E-state index contributed by atoms with van der Waals surface area (Å²) in [5.41, 5.74) is 0.477. The molecule has 1 aromatic rings. The molecule has 0 aromatic heterocycles. The Kier molecular flexibility index (Phi) is 9.68. The van der Waals surface area contributed by atoms with Crippen LogP contribution in [0.15, 0.2) is 24.3 Å². The molecule has 33 heavy (non-hydrogen) atoms. The first kappa shape index (κ1) is 27.7. The third-order valence-corrected chi connectivity index (χ3v) is 4.73. The number of hydrogen-bond acceptors (Lipinski definition) is 5. The first-order valence-corrected chi connectivity index (χ1v) is 10.1. The van der Waals surface area contributed by atoms with Crippen LogP contribution in [0.25, 0.3) is 0 Å². The molecule has 0 aliphatic carbocycles.